The smallest absolute Gasteiger partial charge is 0.142 e. The first-order chi connectivity index (χ1) is 8.15. The van der Waals surface area contributed by atoms with Gasteiger partial charge in [0.05, 0.1) is 5.02 Å². The molecule has 1 rings (SSSR count). The minimum Gasteiger partial charge on any atom is -0.489 e. The maximum atomic E-state index is 12.1. The first kappa shape index (κ1) is 14.3. The summed E-state index contributed by atoms with van der Waals surface area (Å²) >= 11 is 6.03. The zero-order chi connectivity index (χ0) is 12.7. The van der Waals surface area contributed by atoms with Gasteiger partial charge in [-0.1, -0.05) is 37.6 Å². The molecule has 0 aliphatic rings. The van der Waals surface area contributed by atoms with Crippen molar-refractivity contribution in [1.29, 1.82) is 0 Å². The summed E-state index contributed by atoms with van der Waals surface area (Å²) in [5.41, 5.74) is 0.964. The minimum absolute atomic E-state index is 0.0426. The summed E-state index contributed by atoms with van der Waals surface area (Å²) in [5.74, 6) is 1.17. The molecule has 0 aliphatic carbocycles. The fraction of sp³-hybridized carbons (Fsp3) is 0.538. The number of ether oxygens (including phenoxy) is 1. The van der Waals surface area contributed by atoms with Crippen LogP contribution in [0.5, 0.6) is 5.75 Å². The second-order valence-corrected chi connectivity index (χ2v) is 4.70. The van der Waals surface area contributed by atoms with Gasteiger partial charge >= 0.3 is 0 Å². The van der Waals surface area contributed by atoms with Crippen molar-refractivity contribution in [3.8, 4) is 5.75 Å². The minimum atomic E-state index is -0.510. The highest BCUT2D eigenvalue weighted by Crippen LogP contribution is 2.28. The Morgan fingerprint density at radius 2 is 2.18 bits per heavy atom. The van der Waals surface area contributed by atoms with Crippen molar-refractivity contribution in [2.75, 3.05) is 19.8 Å². The Hall–Kier alpha value is -0.800. The molecule has 1 aromatic carbocycles. The Morgan fingerprint density at radius 3 is 2.82 bits per heavy atom. The van der Waals surface area contributed by atoms with Crippen LogP contribution in [-0.4, -0.2) is 19.8 Å². The Labute approximate surface area is 107 Å². The summed E-state index contributed by atoms with van der Waals surface area (Å²) in [7, 11) is 0. The average molecular weight is 260 g/mol. The Kier molecular flexibility index (Phi) is 6.30. The summed E-state index contributed by atoms with van der Waals surface area (Å²) in [4.78, 5) is 0. The van der Waals surface area contributed by atoms with Gasteiger partial charge in [0.25, 0.3) is 0 Å². The van der Waals surface area contributed by atoms with Crippen LogP contribution in [0.4, 0.5) is 4.39 Å². The van der Waals surface area contributed by atoms with Gasteiger partial charge in [-0.2, -0.15) is 0 Å². The van der Waals surface area contributed by atoms with Crippen LogP contribution in [0.1, 0.15) is 19.4 Å². The molecule has 0 atom stereocenters. The quantitative estimate of drug-likeness (QED) is 0.810. The molecule has 0 spiro atoms. The van der Waals surface area contributed by atoms with Crippen LogP contribution in [0, 0.1) is 5.92 Å². The number of hydrogen-bond donors (Lipinski definition) is 1. The van der Waals surface area contributed by atoms with Crippen molar-refractivity contribution in [2.24, 2.45) is 5.92 Å². The molecule has 0 heterocycles. The number of alkyl halides is 1. The summed E-state index contributed by atoms with van der Waals surface area (Å²) in [6.07, 6.45) is 0. The summed E-state index contributed by atoms with van der Waals surface area (Å²) < 4.78 is 17.4. The normalized spacial score (nSPS) is 10.9. The van der Waals surface area contributed by atoms with E-state index in [1.54, 1.807) is 6.07 Å². The molecule has 17 heavy (non-hydrogen) atoms. The Morgan fingerprint density at radius 1 is 1.41 bits per heavy atom. The van der Waals surface area contributed by atoms with Crippen molar-refractivity contribution in [3.05, 3.63) is 28.8 Å². The molecule has 0 radical (unpaired) electrons. The largest absolute Gasteiger partial charge is 0.489 e. The van der Waals surface area contributed by atoms with E-state index in [1.807, 2.05) is 12.1 Å². The van der Waals surface area contributed by atoms with Gasteiger partial charge in [-0.25, -0.2) is 4.39 Å². The number of halogens is 2. The van der Waals surface area contributed by atoms with Crippen LogP contribution >= 0.6 is 11.6 Å². The molecule has 0 aliphatic heterocycles. The van der Waals surface area contributed by atoms with E-state index < -0.39 is 6.67 Å². The maximum Gasteiger partial charge on any atom is 0.142 e. The fourth-order valence-corrected chi connectivity index (χ4v) is 1.74. The monoisotopic (exact) mass is 259 g/mol. The van der Waals surface area contributed by atoms with Crippen LogP contribution < -0.4 is 10.1 Å². The molecular weight excluding hydrogens is 241 g/mol. The lowest BCUT2D eigenvalue weighted by molar-refractivity contribution is 0.270. The molecule has 0 fully saturated rings. The predicted molar refractivity (Wildman–Crippen MR) is 69.5 cm³/mol. The third-order valence-corrected chi connectivity index (χ3v) is 2.54. The molecule has 0 bridgehead atoms. The van der Waals surface area contributed by atoms with Crippen molar-refractivity contribution >= 4 is 11.6 Å². The second kappa shape index (κ2) is 7.51. The standard InChI is InChI=1S/C13H19ClFNO/c1-10(2)8-16-9-11-4-3-5-12(14)13(11)17-7-6-15/h3-5,10,16H,6-9H2,1-2H3. The molecule has 0 saturated carbocycles. The molecule has 4 heteroatoms. The molecular formula is C13H19ClFNO. The number of hydrogen-bond acceptors (Lipinski definition) is 2. The van der Waals surface area contributed by atoms with Gasteiger partial charge in [0.15, 0.2) is 0 Å². The van der Waals surface area contributed by atoms with E-state index in [0.717, 1.165) is 12.1 Å². The van der Waals surface area contributed by atoms with Gasteiger partial charge in [-0.15, -0.1) is 0 Å². The lowest BCUT2D eigenvalue weighted by Gasteiger charge is -2.13. The van der Waals surface area contributed by atoms with E-state index in [1.165, 1.54) is 0 Å². The maximum absolute atomic E-state index is 12.1. The van der Waals surface area contributed by atoms with Gasteiger partial charge < -0.3 is 10.1 Å². The van der Waals surface area contributed by atoms with Crippen LogP contribution in [-0.2, 0) is 6.54 Å². The SMILES string of the molecule is CC(C)CNCc1cccc(Cl)c1OCCF. The molecule has 0 amide bonds. The van der Waals surface area contributed by atoms with Crippen molar-refractivity contribution in [3.63, 3.8) is 0 Å². The first-order valence-electron chi connectivity index (χ1n) is 5.82. The van der Waals surface area contributed by atoms with Crippen molar-refractivity contribution in [1.82, 2.24) is 5.32 Å². The van der Waals surface area contributed by atoms with Gasteiger partial charge in [0.2, 0.25) is 0 Å². The van der Waals surface area contributed by atoms with Gasteiger partial charge in [0, 0.05) is 12.1 Å². The van der Waals surface area contributed by atoms with Crippen molar-refractivity contribution < 1.29 is 9.13 Å². The van der Waals surface area contributed by atoms with Crippen LogP contribution in [0.2, 0.25) is 5.02 Å². The predicted octanol–water partition coefficient (Wildman–Crippen LogP) is 3.43. The molecule has 2 nitrogen and oxygen atoms in total. The van der Waals surface area contributed by atoms with Crippen LogP contribution in [0.3, 0.4) is 0 Å². The van der Waals surface area contributed by atoms with Gasteiger partial charge in [-0.3, -0.25) is 0 Å². The van der Waals surface area contributed by atoms with E-state index >= 15 is 0 Å². The first-order valence-corrected chi connectivity index (χ1v) is 6.19. The number of benzene rings is 1. The fourth-order valence-electron chi connectivity index (χ4n) is 1.49. The molecule has 1 N–H and O–H groups in total. The Bertz CT molecular complexity index is 344. The molecule has 96 valence electrons. The summed E-state index contributed by atoms with van der Waals surface area (Å²) in [6, 6.07) is 5.56. The second-order valence-electron chi connectivity index (χ2n) is 4.29. The lowest BCUT2D eigenvalue weighted by Crippen LogP contribution is -2.19. The Balaban J connectivity index is 2.65. The summed E-state index contributed by atoms with van der Waals surface area (Å²) in [5, 5.41) is 3.84. The third kappa shape index (κ3) is 4.92. The zero-order valence-corrected chi connectivity index (χ0v) is 11.1. The van der Waals surface area contributed by atoms with E-state index in [0.29, 0.717) is 23.2 Å². The highest BCUT2D eigenvalue weighted by molar-refractivity contribution is 6.32. The van der Waals surface area contributed by atoms with Crippen LogP contribution in [0.25, 0.3) is 0 Å². The molecule has 0 unspecified atom stereocenters. The van der Waals surface area contributed by atoms with Gasteiger partial charge in [0.1, 0.15) is 19.0 Å². The number of para-hydroxylation sites is 1. The van der Waals surface area contributed by atoms with Gasteiger partial charge in [-0.05, 0) is 18.5 Å². The molecule has 0 aromatic heterocycles. The third-order valence-electron chi connectivity index (χ3n) is 2.24. The topological polar surface area (TPSA) is 21.3 Å². The van der Waals surface area contributed by atoms with E-state index in [-0.39, 0.29) is 6.61 Å². The number of nitrogens with one attached hydrogen (secondary N) is 1. The highest BCUT2D eigenvalue weighted by atomic mass is 35.5. The summed E-state index contributed by atoms with van der Waals surface area (Å²) in [6.45, 7) is 5.43. The zero-order valence-electron chi connectivity index (χ0n) is 10.3. The number of rotatable bonds is 7. The van der Waals surface area contributed by atoms with Crippen LogP contribution in [0.15, 0.2) is 18.2 Å². The van der Waals surface area contributed by atoms with E-state index in [4.69, 9.17) is 16.3 Å². The average Bonchev–Trinajstić information content (AvgIpc) is 2.28. The van der Waals surface area contributed by atoms with E-state index in [2.05, 4.69) is 19.2 Å². The molecule has 1 aromatic rings. The van der Waals surface area contributed by atoms with Crippen molar-refractivity contribution in [2.45, 2.75) is 20.4 Å². The highest BCUT2D eigenvalue weighted by Gasteiger charge is 2.08. The molecule has 0 saturated heterocycles. The lowest BCUT2D eigenvalue weighted by atomic mass is 10.2. The van der Waals surface area contributed by atoms with E-state index in [9.17, 15) is 4.39 Å².